The lowest BCUT2D eigenvalue weighted by Crippen LogP contribution is -2.17. The van der Waals surface area contributed by atoms with E-state index >= 15 is 0 Å². The first-order chi connectivity index (χ1) is 7.27. The van der Waals surface area contributed by atoms with Gasteiger partial charge in [-0.25, -0.2) is 4.98 Å². The Labute approximate surface area is 102 Å². The van der Waals surface area contributed by atoms with E-state index in [1.54, 1.807) is 11.3 Å². The van der Waals surface area contributed by atoms with Crippen molar-refractivity contribution in [3.63, 3.8) is 0 Å². The van der Waals surface area contributed by atoms with Crippen LogP contribution in [0.4, 0.5) is 5.82 Å². The molecule has 0 spiro atoms. The first kappa shape index (κ1) is 10.6. The van der Waals surface area contributed by atoms with Crippen molar-refractivity contribution in [1.29, 1.82) is 0 Å². The molecular formula is C11H11BrN2S. The highest BCUT2D eigenvalue weighted by atomic mass is 79.9. The molecule has 2 rings (SSSR count). The van der Waals surface area contributed by atoms with Crippen LogP contribution in [0.5, 0.6) is 0 Å². The van der Waals surface area contributed by atoms with Gasteiger partial charge in [0.25, 0.3) is 0 Å². The van der Waals surface area contributed by atoms with Crippen molar-refractivity contribution in [3.8, 4) is 0 Å². The first-order valence-electron chi connectivity index (χ1n) is 4.60. The second-order valence-electron chi connectivity index (χ2n) is 3.30. The van der Waals surface area contributed by atoms with Crippen molar-refractivity contribution in [3.05, 3.63) is 45.2 Å². The minimum Gasteiger partial charge on any atom is -0.354 e. The molecule has 0 fully saturated rings. The molecule has 0 aliphatic carbocycles. The quantitative estimate of drug-likeness (QED) is 0.856. The molecule has 0 saturated heterocycles. The van der Waals surface area contributed by atoms with Crippen LogP contribution in [0.2, 0.25) is 0 Å². The van der Waals surface area contributed by atoms with E-state index in [1.807, 2.05) is 25.4 Å². The van der Waals surface area contributed by atoms with E-state index in [2.05, 4.69) is 42.6 Å². The number of nitrogens with zero attached hydrogens (tertiary/aromatic N) is 2. The molecule has 0 aliphatic heterocycles. The Hall–Kier alpha value is -0.870. The number of aromatic nitrogens is 1. The molecule has 0 bridgehead atoms. The van der Waals surface area contributed by atoms with Crippen molar-refractivity contribution in [2.45, 2.75) is 6.54 Å². The molecule has 2 aromatic rings. The molecule has 0 atom stereocenters. The fraction of sp³-hybridized carbons (Fsp3) is 0.182. The van der Waals surface area contributed by atoms with Gasteiger partial charge in [-0.3, -0.25) is 0 Å². The molecule has 78 valence electrons. The molecule has 0 radical (unpaired) electrons. The standard InChI is InChI=1S/C11H11BrN2S/c1-14(7-9-4-6-15-8-9)11-10(12)3-2-5-13-11/h2-6,8H,7H2,1H3. The van der Waals surface area contributed by atoms with Crippen molar-refractivity contribution in [2.75, 3.05) is 11.9 Å². The maximum atomic E-state index is 4.34. The molecule has 2 heterocycles. The number of anilines is 1. The number of rotatable bonds is 3. The van der Waals surface area contributed by atoms with Gasteiger partial charge in [0, 0.05) is 19.8 Å². The summed E-state index contributed by atoms with van der Waals surface area (Å²) in [6.07, 6.45) is 1.81. The molecule has 2 aromatic heterocycles. The Morgan fingerprint density at radius 2 is 2.33 bits per heavy atom. The summed E-state index contributed by atoms with van der Waals surface area (Å²) in [5.41, 5.74) is 1.32. The van der Waals surface area contributed by atoms with Gasteiger partial charge in [-0.1, -0.05) is 0 Å². The van der Waals surface area contributed by atoms with Crippen LogP contribution in [0, 0.1) is 0 Å². The van der Waals surface area contributed by atoms with Crippen LogP contribution in [0.25, 0.3) is 0 Å². The minimum atomic E-state index is 0.888. The van der Waals surface area contributed by atoms with Gasteiger partial charge in [0.15, 0.2) is 0 Å². The summed E-state index contributed by atoms with van der Waals surface area (Å²) >= 11 is 5.22. The van der Waals surface area contributed by atoms with Crippen molar-refractivity contribution >= 4 is 33.1 Å². The van der Waals surface area contributed by atoms with E-state index in [9.17, 15) is 0 Å². The van der Waals surface area contributed by atoms with Crippen LogP contribution < -0.4 is 4.90 Å². The Bertz CT molecular complexity index is 428. The third kappa shape index (κ3) is 2.58. The van der Waals surface area contributed by atoms with Crippen LogP contribution in [0.3, 0.4) is 0 Å². The van der Waals surface area contributed by atoms with Gasteiger partial charge in [-0.2, -0.15) is 11.3 Å². The third-order valence-corrected chi connectivity index (χ3v) is 3.45. The van der Waals surface area contributed by atoms with Gasteiger partial charge in [0.05, 0.1) is 4.47 Å². The molecule has 15 heavy (non-hydrogen) atoms. The Balaban J connectivity index is 2.15. The number of hydrogen-bond acceptors (Lipinski definition) is 3. The average molecular weight is 283 g/mol. The predicted molar refractivity (Wildman–Crippen MR) is 68.4 cm³/mol. The molecule has 0 N–H and O–H groups in total. The van der Waals surface area contributed by atoms with E-state index in [-0.39, 0.29) is 0 Å². The Morgan fingerprint density at radius 1 is 1.47 bits per heavy atom. The van der Waals surface area contributed by atoms with Gasteiger partial charge in [0.2, 0.25) is 0 Å². The Kier molecular flexibility index (Phi) is 3.38. The minimum absolute atomic E-state index is 0.888. The number of thiophene rings is 1. The van der Waals surface area contributed by atoms with E-state index in [0.29, 0.717) is 0 Å². The summed E-state index contributed by atoms with van der Waals surface area (Å²) in [7, 11) is 2.05. The van der Waals surface area contributed by atoms with E-state index in [0.717, 1.165) is 16.8 Å². The maximum absolute atomic E-state index is 4.34. The molecular weight excluding hydrogens is 272 g/mol. The van der Waals surface area contributed by atoms with Crippen LogP contribution in [0.15, 0.2) is 39.6 Å². The maximum Gasteiger partial charge on any atom is 0.142 e. The summed E-state index contributed by atoms with van der Waals surface area (Å²) in [4.78, 5) is 6.47. The van der Waals surface area contributed by atoms with E-state index < -0.39 is 0 Å². The molecule has 2 nitrogen and oxygen atoms in total. The van der Waals surface area contributed by atoms with Crippen LogP contribution in [-0.4, -0.2) is 12.0 Å². The average Bonchev–Trinajstić information content (AvgIpc) is 2.71. The summed E-state index contributed by atoms with van der Waals surface area (Å²) in [6, 6.07) is 6.07. The molecule has 0 aliphatic rings. The smallest absolute Gasteiger partial charge is 0.142 e. The zero-order valence-corrected chi connectivity index (χ0v) is 10.8. The summed E-state index contributed by atoms with van der Waals surface area (Å²) in [5.74, 6) is 0.976. The largest absolute Gasteiger partial charge is 0.354 e. The van der Waals surface area contributed by atoms with Gasteiger partial charge >= 0.3 is 0 Å². The van der Waals surface area contributed by atoms with Gasteiger partial charge < -0.3 is 4.90 Å². The van der Waals surface area contributed by atoms with Gasteiger partial charge in [0.1, 0.15) is 5.82 Å². The number of pyridine rings is 1. The highest BCUT2D eigenvalue weighted by Crippen LogP contribution is 2.23. The van der Waals surface area contributed by atoms with Crippen LogP contribution >= 0.6 is 27.3 Å². The zero-order chi connectivity index (χ0) is 10.7. The van der Waals surface area contributed by atoms with E-state index in [4.69, 9.17) is 0 Å². The lowest BCUT2D eigenvalue weighted by Gasteiger charge is -2.18. The summed E-state index contributed by atoms with van der Waals surface area (Å²) in [5, 5.41) is 4.25. The van der Waals surface area contributed by atoms with Crippen molar-refractivity contribution in [2.24, 2.45) is 0 Å². The van der Waals surface area contributed by atoms with Crippen molar-refractivity contribution in [1.82, 2.24) is 4.98 Å². The zero-order valence-electron chi connectivity index (χ0n) is 8.35. The fourth-order valence-electron chi connectivity index (χ4n) is 1.39. The lowest BCUT2D eigenvalue weighted by molar-refractivity contribution is 0.898. The summed E-state index contributed by atoms with van der Waals surface area (Å²) < 4.78 is 1.03. The molecule has 0 amide bonds. The SMILES string of the molecule is CN(Cc1ccsc1)c1ncccc1Br. The summed E-state index contributed by atoms with van der Waals surface area (Å²) in [6.45, 7) is 0.888. The van der Waals surface area contributed by atoms with Gasteiger partial charge in [-0.05, 0) is 50.5 Å². The molecule has 4 heteroatoms. The number of hydrogen-bond donors (Lipinski definition) is 0. The number of halogens is 1. The van der Waals surface area contributed by atoms with Crippen molar-refractivity contribution < 1.29 is 0 Å². The van der Waals surface area contributed by atoms with Crippen LogP contribution in [-0.2, 0) is 6.54 Å². The molecule has 0 aromatic carbocycles. The third-order valence-electron chi connectivity index (χ3n) is 2.10. The Morgan fingerprint density at radius 3 is 3.00 bits per heavy atom. The topological polar surface area (TPSA) is 16.1 Å². The second kappa shape index (κ2) is 4.77. The lowest BCUT2D eigenvalue weighted by atomic mass is 10.3. The van der Waals surface area contributed by atoms with Gasteiger partial charge in [-0.15, -0.1) is 0 Å². The normalized spacial score (nSPS) is 10.3. The second-order valence-corrected chi connectivity index (χ2v) is 4.93. The highest BCUT2D eigenvalue weighted by molar-refractivity contribution is 9.10. The molecule has 0 saturated carbocycles. The highest BCUT2D eigenvalue weighted by Gasteiger charge is 2.06. The predicted octanol–water partition coefficient (Wildman–Crippen LogP) is 3.54. The monoisotopic (exact) mass is 282 g/mol. The molecule has 0 unspecified atom stereocenters. The van der Waals surface area contributed by atoms with E-state index in [1.165, 1.54) is 5.56 Å². The van der Waals surface area contributed by atoms with Crippen LogP contribution in [0.1, 0.15) is 5.56 Å². The first-order valence-corrected chi connectivity index (χ1v) is 6.33. The fourth-order valence-corrected chi connectivity index (χ4v) is 2.61.